The fourth-order valence-electron chi connectivity index (χ4n) is 3.41. The van der Waals surface area contributed by atoms with E-state index in [0.29, 0.717) is 12.2 Å². The topological polar surface area (TPSA) is 35.5 Å². The molecule has 0 bridgehead atoms. The standard InChI is InChI=1S/C21H22Cl2O3/c1-21(2)17(12-18(22)23)19(21)20(24)25-13-14-7-6-10-16(11-14)26-15-8-4-3-5-9-15/h3-11,17-19H,12-13H2,1-2H3/t17-,19-/m1/s1. The van der Waals surface area contributed by atoms with Crippen molar-refractivity contribution in [3.05, 3.63) is 60.2 Å². The first kappa shape index (κ1) is 19.1. The molecule has 0 unspecified atom stereocenters. The maximum absolute atomic E-state index is 12.4. The summed E-state index contributed by atoms with van der Waals surface area (Å²) in [5.41, 5.74) is 0.770. The molecule has 5 heteroatoms. The number of rotatable bonds is 7. The first-order valence-corrected chi connectivity index (χ1v) is 9.52. The van der Waals surface area contributed by atoms with Gasteiger partial charge in [-0.3, -0.25) is 4.79 Å². The third-order valence-electron chi connectivity index (χ3n) is 4.99. The number of carbonyl (C=O) groups excluding carboxylic acids is 1. The highest BCUT2D eigenvalue weighted by Crippen LogP contribution is 2.61. The van der Waals surface area contributed by atoms with Crippen LogP contribution in [-0.2, 0) is 16.1 Å². The highest BCUT2D eigenvalue weighted by molar-refractivity contribution is 6.44. The Balaban J connectivity index is 1.57. The fraction of sp³-hybridized carbons (Fsp3) is 0.381. The van der Waals surface area contributed by atoms with Crippen LogP contribution in [0.3, 0.4) is 0 Å². The number of halogens is 2. The number of ether oxygens (including phenoxy) is 2. The summed E-state index contributed by atoms with van der Waals surface area (Å²) in [7, 11) is 0. The number of hydrogen-bond acceptors (Lipinski definition) is 3. The minimum atomic E-state index is -0.455. The van der Waals surface area contributed by atoms with Crippen molar-refractivity contribution >= 4 is 29.2 Å². The first-order chi connectivity index (χ1) is 12.4. The van der Waals surface area contributed by atoms with E-state index in [-0.39, 0.29) is 29.8 Å². The van der Waals surface area contributed by atoms with Crippen LogP contribution in [0.2, 0.25) is 0 Å². The van der Waals surface area contributed by atoms with Gasteiger partial charge in [-0.05, 0) is 47.6 Å². The van der Waals surface area contributed by atoms with Gasteiger partial charge >= 0.3 is 5.97 Å². The Morgan fingerprint density at radius 2 is 1.77 bits per heavy atom. The van der Waals surface area contributed by atoms with Crippen molar-refractivity contribution in [1.82, 2.24) is 0 Å². The van der Waals surface area contributed by atoms with Gasteiger partial charge < -0.3 is 9.47 Å². The summed E-state index contributed by atoms with van der Waals surface area (Å²) in [4.78, 5) is 12.0. The predicted molar refractivity (Wildman–Crippen MR) is 104 cm³/mol. The first-order valence-electron chi connectivity index (χ1n) is 8.64. The highest BCUT2D eigenvalue weighted by atomic mass is 35.5. The van der Waals surface area contributed by atoms with Crippen LogP contribution in [0.1, 0.15) is 25.8 Å². The Morgan fingerprint density at radius 1 is 1.08 bits per heavy atom. The predicted octanol–water partition coefficient (Wildman–Crippen LogP) is 5.99. The van der Waals surface area contributed by atoms with Gasteiger partial charge in [0.25, 0.3) is 0 Å². The molecule has 1 fully saturated rings. The van der Waals surface area contributed by atoms with Crippen molar-refractivity contribution in [1.29, 1.82) is 0 Å². The average Bonchev–Trinajstić information content (AvgIpc) is 3.13. The molecule has 2 atom stereocenters. The van der Waals surface area contributed by atoms with Crippen LogP contribution >= 0.6 is 23.2 Å². The van der Waals surface area contributed by atoms with E-state index in [2.05, 4.69) is 0 Å². The largest absolute Gasteiger partial charge is 0.461 e. The molecule has 0 spiro atoms. The molecule has 3 rings (SSSR count). The van der Waals surface area contributed by atoms with E-state index in [9.17, 15) is 4.79 Å². The van der Waals surface area contributed by atoms with Crippen molar-refractivity contribution < 1.29 is 14.3 Å². The Bertz CT molecular complexity index is 759. The van der Waals surface area contributed by atoms with Gasteiger partial charge in [0.1, 0.15) is 22.9 Å². The molecule has 26 heavy (non-hydrogen) atoms. The van der Waals surface area contributed by atoms with Gasteiger partial charge in [0.05, 0.1) is 5.92 Å². The van der Waals surface area contributed by atoms with Crippen LogP contribution in [0.15, 0.2) is 54.6 Å². The van der Waals surface area contributed by atoms with Gasteiger partial charge in [-0.2, -0.15) is 0 Å². The minimum absolute atomic E-state index is 0.114. The molecule has 138 valence electrons. The second-order valence-electron chi connectivity index (χ2n) is 7.20. The van der Waals surface area contributed by atoms with Crippen molar-refractivity contribution in [3.8, 4) is 11.5 Å². The maximum Gasteiger partial charge on any atom is 0.310 e. The zero-order valence-corrected chi connectivity index (χ0v) is 16.3. The van der Waals surface area contributed by atoms with Crippen molar-refractivity contribution in [2.45, 2.75) is 31.7 Å². The molecule has 0 heterocycles. The monoisotopic (exact) mass is 392 g/mol. The molecule has 0 saturated heterocycles. The van der Waals surface area contributed by atoms with E-state index in [4.69, 9.17) is 32.7 Å². The van der Waals surface area contributed by atoms with Crippen molar-refractivity contribution in [2.75, 3.05) is 0 Å². The lowest BCUT2D eigenvalue weighted by Crippen LogP contribution is -2.11. The number of esters is 1. The summed E-state index contributed by atoms with van der Waals surface area (Å²) in [5, 5.41) is 0. The quantitative estimate of drug-likeness (QED) is 0.428. The summed E-state index contributed by atoms with van der Waals surface area (Å²) < 4.78 is 11.3. The molecule has 1 aliphatic carbocycles. The third-order valence-corrected chi connectivity index (χ3v) is 5.35. The summed E-state index contributed by atoms with van der Waals surface area (Å²) in [5.74, 6) is 1.31. The molecule has 1 saturated carbocycles. The van der Waals surface area contributed by atoms with Crippen LogP contribution in [0.25, 0.3) is 0 Å². The van der Waals surface area contributed by atoms with E-state index in [1.54, 1.807) is 0 Å². The van der Waals surface area contributed by atoms with Gasteiger partial charge in [0.15, 0.2) is 0 Å². The third kappa shape index (κ3) is 4.52. The van der Waals surface area contributed by atoms with Crippen LogP contribution in [-0.4, -0.2) is 10.8 Å². The number of hydrogen-bond donors (Lipinski definition) is 0. The van der Waals surface area contributed by atoms with Crippen LogP contribution in [0.4, 0.5) is 0 Å². The molecule has 0 aromatic heterocycles. The molecule has 1 aliphatic rings. The highest BCUT2D eigenvalue weighted by Gasteiger charge is 2.62. The van der Waals surface area contributed by atoms with E-state index < -0.39 is 4.84 Å². The molecular formula is C21H22Cl2O3. The van der Waals surface area contributed by atoms with Crippen LogP contribution in [0.5, 0.6) is 11.5 Å². The minimum Gasteiger partial charge on any atom is -0.461 e. The SMILES string of the molecule is CC1(C)[C@H](CC(Cl)Cl)[C@@H]1C(=O)OCc1cccc(Oc2ccccc2)c1. The average molecular weight is 393 g/mol. The maximum atomic E-state index is 12.4. The molecule has 0 amide bonds. The second-order valence-corrected chi connectivity index (χ2v) is 8.48. The summed E-state index contributed by atoms with van der Waals surface area (Å²) >= 11 is 11.7. The zero-order chi connectivity index (χ0) is 18.7. The van der Waals surface area contributed by atoms with Crippen LogP contribution < -0.4 is 4.74 Å². The number of alkyl halides is 2. The molecule has 0 aliphatic heterocycles. The summed E-state index contributed by atoms with van der Waals surface area (Å²) in [6.07, 6.45) is 0.607. The summed E-state index contributed by atoms with van der Waals surface area (Å²) in [6.45, 7) is 4.32. The summed E-state index contributed by atoms with van der Waals surface area (Å²) in [6, 6.07) is 17.1. The molecule has 0 N–H and O–H groups in total. The zero-order valence-electron chi connectivity index (χ0n) is 14.8. The van der Waals surface area contributed by atoms with Crippen LogP contribution in [0, 0.1) is 17.3 Å². The van der Waals surface area contributed by atoms with Gasteiger partial charge in [-0.25, -0.2) is 0 Å². The van der Waals surface area contributed by atoms with E-state index in [0.717, 1.165) is 11.3 Å². The molecule has 2 aromatic rings. The molecular weight excluding hydrogens is 371 g/mol. The normalized spacial score (nSPS) is 20.7. The lowest BCUT2D eigenvalue weighted by atomic mass is 10.1. The Labute approximate surface area is 164 Å². The van der Waals surface area contributed by atoms with Gasteiger partial charge in [0, 0.05) is 0 Å². The Hall–Kier alpha value is -1.71. The van der Waals surface area contributed by atoms with Crippen molar-refractivity contribution in [3.63, 3.8) is 0 Å². The van der Waals surface area contributed by atoms with Gasteiger partial charge in [0.2, 0.25) is 0 Å². The lowest BCUT2D eigenvalue weighted by molar-refractivity contribution is -0.147. The Kier molecular flexibility index (Phi) is 5.79. The lowest BCUT2D eigenvalue weighted by Gasteiger charge is -2.09. The van der Waals surface area contributed by atoms with Gasteiger partial charge in [-0.1, -0.05) is 44.2 Å². The van der Waals surface area contributed by atoms with Gasteiger partial charge in [-0.15, -0.1) is 23.2 Å². The number of carbonyl (C=O) groups is 1. The van der Waals surface area contributed by atoms with E-state index >= 15 is 0 Å². The van der Waals surface area contributed by atoms with E-state index in [1.807, 2.05) is 68.4 Å². The Morgan fingerprint density at radius 3 is 2.46 bits per heavy atom. The van der Waals surface area contributed by atoms with Crippen molar-refractivity contribution in [2.24, 2.45) is 17.3 Å². The molecule has 3 nitrogen and oxygen atoms in total. The smallest absolute Gasteiger partial charge is 0.310 e. The second kappa shape index (κ2) is 7.89. The molecule has 2 aromatic carbocycles. The number of para-hydroxylation sites is 1. The molecule has 0 radical (unpaired) electrons. The van der Waals surface area contributed by atoms with E-state index in [1.165, 1.54) is 0 Å². The number of benzene rings is 2. The fourth-order valence-corrected chi connectivity index (χ4v) is 3.80.